The second kappa shape index (κ2) is 12.6. The van der Waals surface area contributed by atoms with Gasteiger partial charge in [-0.25, -0.2) is 13.4 Å². The third kappa shape index (κ3) is 6.28. The van der Waals surface area contributed by atoms with Crippen molar-refractivity contribution in [3.8, 4) is 5.88 Å². The SMILES string of the molecule is Cc1ncc([C@@H](c2ccn3c(C(F)(F)F)nnc3c2C)C(C)(C)C(=O)O)cc1CN1CCCOCCOc2ncccc2S1(=O)=O. The van der Waals surface area contributed by atoms with E-state index in [1.54, 1.807) is 19.9 Å². The molecule has 12 nitrogen and oxygen atoms in total. The van der Waals surface area contributed by atoms with Crippen molar-refractivity contribution in [1.82, 2.24) is 28.9 Å². The zero-order chi connectivity index (χ0) is 33.4. The Labute approximate surface area is 263 Å². The van der Waals surface area contributed by atoms with Crippen LogP contribution in [0.2, 0.25) is 0 Å². The van der Waals surface area contributed by atoms with Gasteiger partial charge in [0, 0.05) is 49.9 Å². The molecular formula is C30H33F3N6O6S. The second-order valence-electron chi connectivity index (χ2n) is 11.5. The third-order valence-corrected chi connectivity index (χ3v) is 9.97. The van der Waals surface area contributed by atoms with Crippen LogP contribution in [-0.4, -0.2) is 74.7 Å². The van der Waals surface area contributed by atoms with E-state index >= 15 is 0 Å². The van der Waals surface area contributed by atoms with Crippen LogP contribution < -0.4 is 4.74 Å². The van der Waals surface area contributed by atoms with E-state index in [4.69, 9.17) is 9.47 Å². The topological polar surface area (TPSA) is 149 Å². The summed E-state index contributed by atoms with van der Waals surface area (Å²) in [5.74, 6) is -3.32. The van der Waals surface area contributed by atoms with Gasteiger partial charge in [0.15, 0.2) is 5.65 Å². The Morgan fingerprint density at radius 2 is 1.87 bits per heavy atom. The minimum atomic E-state index is -4.75. The fourth-order valence-electron chi connectivity index (χ4n) is 5.56. The van der Waals surface area contributed by atoms with E-state index in [1.807, 2.05) is 0 Å². The van der Waals surface area contributed by atoms with E-state index in [9.17, 15) is 31.5 Å². The molecule has 1 aliphatic rings. The summed E-state index contributed by atoms with van der Waals surface area (Å²) in [4.78, 5) is 21.2. The van der Waals surface area contributed by atoms with Crippen molar-refractivity contribution in [3.05, 3.63) is 76.6 Å². The van der Waals surface area contributed by atoms with Crippen LogP contribution in [0, 0.1) is 19.3 Å². The summed E-state index contributed by atoms with van der Waals surface area (Å²) in [5, 5.41) is 17.4. The molecule has 1 N–H and O–H groups in total. The molecule has 5 rings (SSSR count). The van der Waals surface area contributed by atoms with Crippen LogP contribution in [0.15, 0.2) is 47.8 Å². The van der Waals surface area contributed by atoms with Gasteiger partial charge in [-0.15, -0.1) is 10.2 Å². The van der Waals surface area contributed by atoms with Gasteiger partial charge in [0.05, 0.1) is 12.0 Å². The van der Waals surface area contributed by atoms with Gasteiger partial charge in [0.1, 0.15) is 11.5 Å². The molecule has 0 aromatic carbocycles. The lowest BCUT2D eigenvalue weighted by Crippen LogP contribution is -2.34. The summed E-state index contributed by atoms with van der Waals surface area (Å²) < 4.78 is 81.9. The number of nitrogens with zero attached hydrogens (tertiary/aromatic N) is 6. The van der Waals surface area contributed by atoms with E-state index in [1.165, 1.54) is 54.9 Å². The van der Waals surface area contributed by atoms with Gasteiger partial charge in [0.25, 0.3) is 0 Å². The number of aliphatic carboxylic acids is 1. The Hall–Kier alpha value is -4.15. The van der Waals surface area contributed by atoms with E-state index < -0.39 is 39.3 Å². The van der Waals surface area contributed by atoms with Crippen molar-refractivity contribution in [2.24, 2.45) is 5.41 Å². The Kier molecular flexibility index (Phi) is 9.07. The first-order valence-electron chi connectivity index (χ1n) is 14.4. The fraction of sp³-hybridized carbons (Fsp3) is 0.433. The van der Waals surface area contributed by atoms with Gasteiger partial charge in [0.2, 0.25) is 21.7 Å². The first kappa shape index (κ1) is 33.2. The fourth-order valence-corrected chi connectivity index (χ4v) is 7.10. The molecule has 0 fully saturated rings. The number of aryl methyl sites for hydroxylation is 2. The zero-order valence-electron chi connectivity index (χ0n) is 25.6. The summed E-state index contributed by atoms with van der Waals surface area (Å²) in [5.41, 5.74) is 0.626. The average molecular weight is 663 g/mol. The molecule has 1 atom stereocenters. The number of hydrogen-bond donors (Lipinski definition) is 1. The predicted octanol–water partition coefficient (Wildman–Crippen LogP) is 4.39. The summed E-state index contributed by atoms with van der Waals surface area (Å²) in [7, 11) is -4.12. The molecule has 5 heterocycles. The number of hydrogen-bond acceptors (Lipinski definition) is 9. The number of carbonyl (C=O) groups is 1. The molecule has 4 aromatic heterocycles. The average Bonchev–Trinajstić information content (AvgIpc) is 3.43. The van der Waals surface area contributed by atoms with Crippen molar-refractivity contribution >= 4 is 21.6 Å². The normalized spacial score (nSPS) is 17.1. The maximum atomic E-state index is 14.0. The highest BCUT2D eigenvalue weighted by molar-refractivity contribution is 7.89. The highest BCUT2D eigenvalue weighted by Gasteiger charge is 2.42. The van der Waals surface area contributed by atoms with Crippen LogP contribution in [0.25, 0.3) is 5.65 Å². The first-order chi connectivity index (χ1) is 21.6. The Morgan fingerprint density at radius 1 is 1.11 bits per heavy atom. The van der Waals surface area contributed by atoms with Crippen LogP contribution in [0.4, 0.5) is 13.2 Å². The van der Waals surface area contributed by atoms with E-state index in [0.29, 0.717) is 41.0 Å². The van der Waals surface area contributed by atoms with Crippen LogP contribution in [0.1, 0.15) is 60.0 Å². The quantitative estimate of drug-likeness (QED) is 0.315. The molecule has 0 bridgehead atoms. The first-order valence-corrected chi connectivity index (χ1v) is 15.8. The van der Waals surface area contributed by atoms with Crippen molar-refractivity contribution in [3.63, 3.8) is 0 Å². The highest BCUT2D eigenvalue weighted by Crippen LogP contribution is 2.44. The van der Waals surface area contributed by atoms with Crippen molar-refractivity contribution in [2.75, 3.05) is 26.4 Å². The Bertz CT molecular complexity index is 1880. The number of aromatic nitrogens is 5. The molecule has 0 spiro atoms. The molecule has 0 unspecified atom stereocenters. The van der Waals surface area contributed by atoms with Gasteiger partial charge >= 0.3 is 12.1 Å². The predicted molar refractivity (Wildman–Crippen MR) is 158 cm³/mol. The van der Waals surface area contributed by atoms with E-state index in [-0.39, 0.29) is 42.7 Å². The maximum Gasteiger partial charge on any atom is 0.452 e. The molecular weight excluding hydrogens is 629 g/mol. The highest BCUT2D eigenvalue weighted by atomic mass is 32.2. The Morgan fingerprint density at radius 3 is 2.59 bits per heavy atom. The maximum absolute atomic E-state index is 14.0. The smallest absolute Gasteiger partial charge is 0.452 e. The van der Waals surface area contributed by atoms with Gasteiger partial charge in [-0.05, 0) is 74.6 Å². The molecule has 0 saturated heterocycles. The standard InChI is InChI=1S/C30H33F3N6O6S/c1-18-22(8-11-39-25(18)36-37-27(39)30(31,32)33)24(29(3,4)28(40)41)20-15-21(19(2)35-16-20)17-38-10-6-12-44-13-14-45-26-23(46(38,42)43)7-5-9-34-26/h5,7-9,11,15-16,24H,6,10,12-14,17H2,1-4H3,(H,40,41)/t24-/m0/s1. The molecule has 1 aliphatic heterocycles. The van der Waals surface area contributed by atoms with Crippen molar-refractivity contribution < 1.29 is 41.0 Å². The number of halogens is 3. The number of sulfonamides is 1. The number of carboxylic acid groups (broad SMARTS) is 1. The molecule has 16 heteroatoms. The zero-order valence-corrected chi connectivity index (χ0v) is 26.4. The number of carboxylic acids is 1. The summed E-state index contributed by atoms with van der Waals surface area (Å²) in [6.45, 7) is 6.97. The molecule has 0 amide bonds. The lowest BCUT2D eigenvalue weighted by Gasteiger charge is -2.33. The van der Waals surface area contributed by atoms with Gasteiger partial charge in [-0.1, -0.05) is 6.07 Å². The van der Waals surface area contributed by atoms with Gasteiger partial charge < -0.3 is 14.6 Å². The minimum absolute atomic E-state index is 0.0436. The molecule has 246 valence electrons. The molecule has 4 aromatic rings. The molecule has 46 heavy (non-hydrogen) atoms. The molecule has 0 radical (unpaired) electrons. The van der Waals surface area contributed by atoms with Crippen molar-refractivity contribution in [2.45, 2.75) is 57.7 Å². The summed E-state index contributed by atoms with van der Waals surface area (Å²) in [6.07, 6.45) is -0.242. The van der Waals surface area contributed by atoms with Gasteiger partial charge in [-0.2, -0.15) is 17.5 Å². The number of rotatable bonds is 6. The largest absolute Gasteiger partial charge is 0.481 e. The summed E-state index contributed by atoms with van der Waals surface area (Å²) >= 11 is 0. The minimum Gasteiger partial charge on any atom is -0.481 e. The third-order valence-electron chi connectivity index (χ3n) is 8.11. The monoisotopic (exact) mass is 662 g/mol. The second-order valence-corrected chi connectivity index (χ2v) is 13.5. The number of alkyl halides is 3. The Balaban J connectivity index is 1.61. The van der Waals surface area contributed by atoms with Gasteiger partial charge in [-0.3, -0.25) is 14.2 Å². The number of pyridine rings is 3. The van der Waals surface area contributed by atoms with Crippen LogP contribution in [0.3, 0.4) is 0 Å². The van der Waals surface area contributed by atoms with Crippen LogP contribution in [-0.2, 0) is 32.3 Å². The molecule has 0 saturated carbocycles. The van der Waals surface area contributed by atoms with Crippen LogP contribution >= 0.6 is 0 Å². The van der Waals surface area contributed by atoms with E-state index in [0.717, 1.165) is 4.40 Å². The van der Waals surface area contributed by atoms with Crippen LogP contribution in [0.5, 0.6) is 5.88 Å². The lowest BCUT2D eigenvalue weighted by molar-refractivity contribution is -0.147. The van der Waals surface area contributed by atoms with E-state index in [2.05, 4.69) is 20.2 Å². The lowest BCUT2D eigenvalue weighted by atomic mass is 9.70. The number of fused-ring (bicyclic) bond motifs is 2. The molecule has 0 aliphatic carbocycles. The summed E-state index contributed by atoms with van der Waals surface area (Å²) in [6, 6.07) is 6.05. The number of ether oxygens (including phenoxy) is 2. The van der Waals surface area contributed by atoms with Crippen molar-refractivity contribution in [1.29, 1.82) is 0 Å².